The van der Waals surface area contributed by atoms with Gasteiger partial charge in [0, 0.05) is 12.8 Å². The predicted molar refractivity (Wildman–Crippen MR) is 86.2 cm³/mol. The Labute approximate surface area is 141 Å². The predicted octanol–water partition coefficient (Wildman–Crippen LogP) is 2.74. The molecule has 0 aromatic heterocycles. The Kier molecular flexibility index (Phi) is 8.42. The molecule has 0 amide bonds. The fraction of sp³-hybridized carbons (Fsp3) is 0.500. The summed E-state index contributed by atoms with van der Waals surface area (Å²) in [6, 6.07) is 4.96. The molecule has 7 nitrogen and oxygen atoms in total. The molecular weight excluding hydrogens is 336 g/mol. The molecule has 0 aliphatic heterocycles. The topological polar surface area (TPSA) is 107 Å². The summed E-state index contributed by atoms with van der Waals surface area (Å²) in [6.45, 7) is 0. The minimum Gasteiger partial charge on any atom is -0.469 e. The lowest BCUT2D eigenvalue weighted by Crippen LogP contribution is -2.07. The van der Waals surface area contributed by atoms with Crippen molar-refractivity contribution in [2.24, 2.45) is 0 Å². The first-order valence-electron chi connectivity index (χ1n) is 7.68. The van der Waals surface area contributed by atoms with Gasteiger partial charge in [-0.25, -0.2) is 0 Å². The van der Waals surface area contributed by atoms with E-state index in [0.29, 0.717) is 12.8 Å². The van der Waals surface area contributed by atoms with Crippen LogP contribution >= 0.6 is 0 Å². The van der Waals surface area contributed by atoms with Crippen molar-refractivity contribution in [3.05, 3.63) is 24.3 Å². The van der Waals surface area contributed by atoms with Gasteiger partial charge in [-0.05, 0) is 37.1 Å². The number of hydrogen-bond donors (Lipinski definition) is 1. The second-order valence-electron chi connectivity index (χ2n) is 5.26. The number of carbonyl (C=O) groups excluding carboxylic acids is 2. The molecule has 0 unspecified atom stereocenters. The SMILES string of the molecule is COC(=O)CCCCCCCC(=O)Oc1ccc(S(=O)(=O)O)cc1. The van der Waals surface area contributed by atoms with E-state index in [9.17, 15) is 18.0 Å². The van der Waals surface area contributed by atoms with Crippen LogP contribution in [0.2, 0.25) is 0 Å². The minimum absolute atomic E-state index is 0.210. The summed E-state index contributed by atoms with van der Waals surface area (Å²) in [5.74, 6) is -0.381. The molecule has 0 aliphatic carbocycles. The molecule has 134 valence electrons. The number of unbranched alkanes of at least 4 members (excludes halogenated alkanes) is 4. The standard InChI is InChI=1S/C16H22O7S/c1-22-15(17)7-5-3-2-4-6-8-16(18)23-13-9-11-14(12-10-13)24(19,20)21/h9-12H,2-8H2,1H3,(H,19,20,21). The van der Waals surface area contributed by atoms with Crippen LogP contribution in [-0.2, 0) is 24.4 Å². The maximum atomic E-state index is 11.7. The van der Waals surface area contributed by atoms with Crippen molar-refractivity contribution < 1.29 is 32.0 Å². The third kappa shape index (κ3) is 8.07. The average Bonchev–Trinajstić information content (AvgIpc) is 2.53. The molecule has 0 saturated heterocycles. The van der Waals surface area contributed by atoms with E-state index in [1.54, 1.807) is 0 Å². The quantitative estimate of drug-likeness (QED) is 0.296. The molecule has 0 bridgehead atoms. The fourth-order valence-corrected chi connectivity index (χ4v) is 2.51. The number of methoxy groups -OCH3 is 1. The van der Waals surface area contributed by atoms with Crippen LogP contribution in [0.15, 0.2) is 29.2 Å². The highest BCUT2D eigenvalue weighted by molar-refractivity contribution is 7.85. The molecule has 1 rings (SSSR count). The molecule has 1 N–H and O–H groups in total. The van der Waals surface area contributed by atoms with Crippen LogP contribution in [0.5, 0.6) is 5.75 Å². The lowest BCUT2D eigenvalue weighted by molar-refractivity contribution is -0.140. The molecular formula is C16H22O7S. The van der Waals surface area contributed by atoms with Crippen LogP contribution in [-0.4, -0.2) is 32.0 Å². The zero-order valence-electron chi connectivity index (χ0n) is 13.6. The van der Waals surface area contributed by atoms with Gasteiger partial charge in [0.05, 0.1) is 12.0 Å². The largest absolute Gasteiger partial charge is 0.469 e. The number of hydrogen-bond acceptors (Lipinski definition) is 6. The minimum atomic E-state index is -4.25. The first kappa shape index (κ1) is 20.1. The Bertz CT molecular complexity index is 635. The van der Waals surface area contributed by atoms with E-state index in [4.69, 9.17) is 9.29 Å². The van der Waals surface area contributed by atoms with E-state index in [-0.39, 0.29) is 23.0 Å². The molecule has 0 spiro atoms. The summed E-state index contributed by atoms with van der Waals surface area (Å²) in [4.78, 5) is 22.3. The van der Waals surface area contributed by atoms with Gasteiger partial charge in [-0.15, -0.1) is 0 Å². The third-order valence-corrected chi connectivity index (χ3v) is 4.21. The highest BCUT2D eigenvalue weighted by Gasteiger charge is 2.10. The molecule has 24 heavy (non-hydrogen) atoms. The summed E-state index contributed by atoms with van der Waals surface area (Å²) in [5, 5.41) is 0. The zero-order valence-corrected chi connectivity index (χ0v) is 14.4. The molecule has 0 atom stereocenters. The first-order valence-corrected chi connectivity index (χ1v) is 9.12. The van der Waals surface area contributed by atoms with Crippen molar-refractivity contribution in [2.75, 3.05) is 7.11 Å². The Morgan fingerprint density at radius 2 is 1.42 bits per heavy atom. The van der Waals surface area contributed by atoms with Crippen LogP contribution in [0.25, 0.3) is 0 Å². The van der Waals surface area contributed by atoms with Gasteiger partial charge >= 0.3 is 11.9 Å². The smallest absolute Gasteiger partial charge is 0.311 e. The van der Waals surface area contributed by atoms with Gasteiger partial charge < -0.3 is 9.47 Å². The van der Waals surface area contributed by atoms with Gasteiger partial charge in [0.2, 0.25) is 0 Å². The van der Waals surface area contributed by atoms with Gasteiger partial charge in [-0.2, -0.15) is 8.42 Å². The van der Waals surface area contributed by atoms with Crippen molar-refractivity contribution in [3.63, 3.8) is 0 Å². The first-order chi connectivity index (χ1) is 11.3. The van der Waals surface area contributed by atoms with Crippen molar-refractivity contribution in [3.8, 4) is 5.75 Å². The summed E-state index contributed by atoms with van der Waals surface area (Å²) in [5.41, 5.74) is 0. The van der Waals surface area contributed by atoms with E-state index < -0.39 is 16.1 Å². The van der Waals surface area contributed by atoms with E-state index >= 15 is 0 Å². The number of rotatable bonds is 10. The van der Waals surface area contributed by atoms with Gasteiger partial charge in [0.1, 0.15) is 5.75 Å². The summed E-state index contributed by atoms with van der Waals surface area (Å²) < 4.78 is 40.3. The maximum Gasteiger partial charge on any atom is 0.311 e. The van der Waals surface area contributed by atoms with E-state index in [1.165, 1.54) is 31.4 Å². The molecule has 0 aliphatic rings. The van der Waals surface area contributed by atoms with Gasteiger partial charge in [0.25, 0.3) is 10.1 Å². The number of ether oxygens (including phenoxy) is 2. The molecule has 0 fully saturated rings. The van der Waals surface area contributed by atoms with Crippen LogP contribution in [0, 0.1) is 0 Å². The molecule has 8 heteroatoms. The molecule has 0 saturated carbocycles. The monoisotopic (exact) mass is 358 g/mol. The summed E-state index contributed by atoms with van der Waals surface area (Å²) >= 11 is 0. The highest BCUT2D eigenvalue weighted by Crippen LogP contribution is 2.17. The van der Waals surface area contributed by atoms with Crippen LogP contribution in [0.3, 0.4) is 0 Å². The Balaban J connectivity index is 2.19. The van der Waals surface area contributed by atoms with Crippen molar-refractivity contribution in [1.82, 2.24) is 0 Å². The zero-order chi connectivity index (χ0) is 18.0. The van der Waals surface area contributed by atoms with Crippen molar-refractivity contribution in [1.29, 1.82) is 0 Å². The van der Waals surface area contributed by atoms with Crippen LogP contribution in [0.1, 0.15) is 44.9 Å². The van der Waals surface area contributed by atoms with E-state index in [2.05, 4.69) is 4.74 Å². The number of benzene rings is 1. The van der Waals surface area contributed by atoms with E-state index in [1.807, 2.05) is 0 Å². The second-order valence-corrected chi connectivity index (χ2v) is 6.69. The van der Waals surface area contributed by atoms with Gasteiger partial charge in [-0.3, -0.25) is 14.1 Å². The van der Waals surface area contributed by atoms with Crippen LogP contribution < -0.4 is 4.74 Å². The van der Waals surface area contributed by atoms with Gasteiger partial charge in [-0.1, -0.05) is 19.3 Å². The second kappa shape index (κ2) is 10.0. The van der Waals surface area contributed by atoms with Crippen molar-refractivity contribution >= 4 is 22.1 Å². The molecule has 1 aromatic carbocycles. The molecule has 0 heterocycles. The highest BCUT2D eigenvalue weighted by atomic mass is 32.2. The van der Waals surface area contributed by atoms with Crippen LogP contribution in [0.4, 0.5) is 0 Å². The number of esters is 2. The third-order valence-electron chi connectivity index (χ3n) is 3.34. The molecule has 0 radical (unpaired) electrons. The lowest BCUT2D eigenvalue weighted by Gasteiger charge is -2.05. The molecule has 1 aromatic rings. The van der Waals surface area contributed by atoms with Gasteiger partial charge in [0.15, 0.2) is 0 Å². The van der Waals surface area contributed by atoms with Crippen molar-refractivity contribution in [2.45, 2.75) is 49.8 Å². The maximum absolute atomic E-state index is 11.7. The average molecular weight is 358 g/mol. The lowest BCUT2D eigenvalue weighted by atomic mass is 10.1. The fourth-order valence-electron chi connectivity index (χ4n) is 2.03. The summed E-state index contributed by atoms with van der Waals surface area (Å²) in [6.07, 6.45) is 4.82. The summed E-state index contributed by atoms with van der Waals surface area (Å²) in [7, 11) is -2.88. The number of carbonyl (C=O) groups is 2. The normalized spacial score (nSPS) is 11.1. The Morgan fingerprint density at radius 1 is 0.917 bits per heavy atom. The van der Waals surface area contributed by atoms with E-state index in [0.717, 1.165) is 25.7 Å². The Hall–Kier alpha value is -1.93. The Morgan fingerprint density at radius 3 is 1.92 bits per heavy atom.